The highest BCUT2D eigenvalue weighted by molar-refractivity contribution is 5.98. The van der Waals surface area contributed by atoms with Crippen LogP contribution in [-0.4, -0.2) is 47.4 Å². The molecule has 3 heterocycles. The van der Waals surface area contributed by atoms with Gasteiger partial charge in [0.25, 0.3) is 5.91 Å². The Morgan fingerprint density at radius 3 is 2.62 bits per heavy atom. The van der Waals surface area contributed by atoms with Crippen molar-refractivity contribution in [1.29, 1.82) is 0 Å². The average molecular weight is 442 g/mol. The number of ether oxygens (including phenoxy) is 1. The summed E-state index contributed by atoms with van der Waals surface area (Å²) in [6.07, 6.45) is 1.56. The van der Waals surface area contributed by atoms with Crippen LogP contribution in [0.15, 0.2) is 36.5 Å². The van der Waals surface area contributed by atoms with E-state index in [1.807, 2.05) is 0 Å². The van der Waals surface area contributed by atoms with Gasteiger partial charge in [0.1, 0.15) is 17.9 Å². The van der Waals surface area contributed by atoms with Crippen LogP contribution >= 0.6 is 0 Å². The number of hydrogen-bond donors (Lipinski definition) is 3. The van der Waals surface area contributed by atoms with Crippen LogP contribution in [0.4, 0.5) is 15.9 Å². The molecular weight excluding hydrogens is 415 g/mol. The minimum absolute atomic E-state index is 0.0547. The maximum atomic E-state index is 13.3. The number of aliphatic hydroxyl groups excluding tert-OH is 1. The summed E-state index contributed by atoms with van der Waals surface area (Å²) in [6.45, 7) is 4.43. The quantitative estimate of drug-likeness (QED) is 0.673. The molecule has 0 radical (unpaired) electrons. The number of aromatic nitrogens is 1. The van der Waals surface area contributed by atoms with Gasteiger partial charge in [-0.05, 0) is 48.7 Å². The number of carbonyl (C=O) groups is 2. The second-order valence-electron chi connectivity index (χ2n) is 8.28. The Morgan fingerprint density at radius 2 is 1.97 bits per heavy atom. The molecule has 4 rings (SSSR count). The minimum Gasteiger partial charge on any atom is -0.381 e. The van der Waals surface area contributed by atoms with Crippen LogP contribution in [0.2, 0.25) is 0 Å². The third-order valence-electron chi connectivity index (χ3n) is 6.07. The van der Waals surface area contributed by atoms with Gasteiger partial charge in [0.15, 0.2) is 0 Å². The first-order valence-corrected chi connectivity index (χ1v) is 10.7. The Morgan fingerprint density at radius 1 is 1.22 bits per heavy atom. The average Bonchev–Trinajstić information content (AvgIpc) is 2.78. The molecule has 1 aromatic carbocycles. The molecule has 1 fully saturated rings. The van der Waals surface area contributed by atoms with E-state index in [0.717, 1.165) is 19.0 Å². The van der Waals surface area contributed by atoms with Gasteiger partial charge in [-0.1, -0.05) is 6.92 Å². The van der Waals surface area contributed by atoms with Crippen LogP contribution in [0.25, 0.3) is 0 Å². The number of halogens is 1. The molecule has 9 heteroatoms. The molecule has 2 aliphatic rings. The summed E-state index contributed by atoms with van der Waals surface area (Å²) in [4.78, 5) is 30.6. The van der Waals surface area contributed by atoms with Gasteiger partial charge in [0.05, 0.1) is 17.9 Å². The maximum Gasteiger partial charge on any atom is 0.251 e. The Kier molecular flexibility index (Phi) is 6.38. The number of fused-ring (bicyclic) bond motifs is 1. The molecule has 0 bridgehead atoms. The summed E-state index contributed by atoms with van der Waals surface area (Å²) < 4.78 is 18.6. The predicted octanol–water partition coefficient (Wildman–Crippen LogP) is 2.60. The Labute approximate surface area is 185 Å². The summed E-state index contributed by atoms with van der Waals surface area (Å²) in [5.74, 6) is -0.959. The smallest absolute Gasteiger partial charge is 0.251 e. The molecule has 32 heavy (non-hydrogen) atoms. The monoisotopic (exact) mass is 442 g/mol. The molecule has 1 aromatic heterocycles. The molecule has 3 atom stereocenters. The normalized spacial score (nSPS) is 23.4. The second kappa shape index (κ2) is 9.22. The van der Waals surface area contributed by atoms with Crippen molar-refractivity contribution < 1.29 is 23.8 Å². The predicted molar refractivity (Wildman–Crippen MR) is 117 cm³/mol. The van der Waals surface area contributed by atoms with Crippen LogP contribution in [0, 0.1) is 11.7 Å². The van der Waals surface area contributed by atoms with Crippen LogP contribution in [0.5, 0.6) is 0 Å². The lowest BCUT2D eigenvalue weighted by Crippen LogP contribution is -2.50. The number of hydrogen-bond acceptors (Lipinski definition) is 6. The molecule has 0 aliphatic carbocycles. The van der Waals surface area contributed by atoms with Gasteiger partial charge in [-0.15, -0.1) is 0 Å². The Hall–Kier alpha value is -3.04. The largest absolute Gasteiger partial charge is 0.381 e. The lowest BCUT2D eigenvalue weighted by molar-refractivity contribution is -0.119. The first-order chi connectivity index (χ1) is 15.3. The number of benzene rings is 1. The van der Waals surface area contributed by atoms with Gasteiger partial charge in [-0.3, -0.25) is 14.5 Å². The highest BCUT2D eigenvalue weighted by Gasteiger charge is 2.40. The second-order valence-corrected chi connectivity index (χ2v) is 8.28. The Balaban J connectivity index is 1.68. The molecule has 8 nitrogen and oxygen atoms in total. The number of nitrogens with zero attached hydrogens (tertiary/aromatic N) is 2. The van der Waals surface area contributed by atoms with Crippen molar-refractivity contribution in [2.24, 2.45) is 5.92 Å². The van der Waals surface area contributed by atoms with Gasteiger partial charge < -0.3 is 20.5 Å². The van der Waals surface area contributed by atoms with Gasteiger partial charge >= 0.3 is 0 Å². The number of nitrogens with one attached hydrogen (secondary N) is 2. The van der Waals surface area contributed by atoms with Crippen molar-refractivity contribution in [3.8, 4) is 0 Å². The first kappa shape index (κ1) is 22.2. The fraction of sp³-hybridized carbons (Fsp3) is 0.435. The van der Waals surface area contributed by atoms with E-state index in [-0.39, 0.29) is 17.9 Å². The SMILES string of the molecule is CC(=O)N1c2ccc(C(=O)NC3CCOCC3)cc2[C@H](Nc2ccc(F)cn2)[C@@H](C)[C@@H]1O. The molecule has 170 valence electrons. The number of carbonyl (C=O) groups excluding carboxylic acids is 2. The third-order valence-corrected chi connectivity index (χ3v) is 6.07. The lowest BCUT2D eigenvalue weighted by Gasteiger charge is -2.42. The van der Waals surface area contributed by atoms with Crippen molar-refractivity contribution in [2.45, 2.75) is 45.0 Å². The Bertz CT molecular complexity index is 994. The van der Waals surface area contributed by atoms with Crippen molar-refractivity contribution in [3.63, 3.8) is 0 Å². The van der Waals surface area contributed by atoms with E-state index in [1.165, 1.54) is 24.0 Å². The first-order valence-electron chi connectivity index (χ1n) is 10.7. The van der Waals surface area contributed by atoms with E-state index in [4.69, 9.17) is 4.74 Å². The van der Waals surface area contributed by atoms with Gasteiger partial charge in [-0.2, -0.15) is 0 Å². The standard InChI is InChI=1S/C23H27FN4O4/c1-13-21(27-20-6-4-16(24)12-25-20)18-11-15(22(30)26-17-7-9-32-10-8-17)3-5-19(18)28(14(2)29)23(13)31/h3-6,11-13,17,21,23,31H,7-10H2,1-2H3,(H,25,27)(H,26,30)/t13-,21-,23+/m1/s1. The van der Waals surface area contributed by atoms with Gasteiger partial charge in [-0.25, -0.2) is 9.37 Å². The number of pyridine rings is 1. The fourth-order valence-corrected chi connectivity index (χ4v) is 4.29. The molecule has 2 aromatic rings. The van der Waals surface area contributed by atoms with Crippen molar-refractivity contribution in [2.75, 3.05) is 23.4 Å². The summed E-state index contributed by atoms with van der Waals surface area (Å²) in [5.41, 5.74) is 1.66. The molecule has 0 saturated carbocycles. The number of anilines is 2. The molecular formula is C23H27FN4O4. The minimum atomic E-state index is -1.07. The molecule has 1 saturated heterocycles. The number of aliphatic hydroxyl groups is 1. The van der Waals surface area contributed by atoms with E-state index < -0.39 is 24.0 Å². The molecule has 2 amide bonds. The van der Waals surface area contributed by atoms with E-state index in [0.29, 0.717) is 35.8 Å². The number of amides is 2. The summed E-state index contributed by atoms with van der Waals surface area (Å²) in [5, 5.41) is 17.1. The summed E-state index contributed by atoms with van der Waals surface area (Å²) >= 11 is 0. The summed E-state index contributed by atoms with van der Waals surface area (Å²) in [6, 6.07) is 7.47. The van der Waals surface area contributed by atoms with Crippen LogP contribution in [0.1, 0.15) is 48.7 Å². The van der Waals surface area contributed by atoms with Gasteiger partial charge in [0, 0.05) is 37.7 Å². The highest BCUT2D eigenvalue weighted by atomic mass is 19.1. The van der Waals surface area contributed by atoms with E-state index >= 15 is 0 Å². The van der Waals surface area contributed by atoms with Crippen LogP contribution < -0.4 is 15.5 Å². The molecule has 3 N–H and O–H groups in total. The lowest BCUT2D eigenvalue weighted by atomic mass is 9.85. The third kappa shape index (κ3) is 4.44. The fourth-order valence-electron chi connectivity index (χ4n) is 4.29. The topological polar surface area (TPSA) is 104 Å². The van der Waals surface area contributed by atoms with E-state index in [9.17, 15) is 19.1 Å². The van der Waals surface area contributed by atoms with Crippen LogP contribution in [0.3, 0.4) is 0 Å². The van der Waals surface area contributed by atoms with E-state index in [2.05, 4.69) is 15.6 Å². The van der Waals surface area contributed by atoms with Crippen molar-refractivity contribution >= 4 is 23.3 Å². The van der Waals surface area contributed by atoms with Crippen LogP contribution in [-0.2, 0) is 9.53 Å². The van der Waals surface area contributed by atoms with E-state index in [1.54, 1.807) is 25.1 Å². The zero-order valence-electron chi connectivity index (χ0n) is 18.0. The zero-order chi connectivity index (χ0) is 22.8. The van der Waals surface area contributed by atoms with Crippen molar-refractivity contribution in [1.82, 2.24) is 10.3 Å². The highest BCUT2D eigenvalue weighted by Crippen LogP contribution is 2.42. The summed E-state index contributed by atoms with van der Waals surface area (Å²) in [7, 11) is 0. The maximum absolute atomic E-state index is 13.3. The molecule has 0 spiro atoms. The molecule has 2 aliphatic heterocycles. The van der Waals surface area contributed by atoms with Gasteiger partial charge in [0.2, 0.25) is 5.91 Å². The van der Waals surface area contributed by atoms with Crippen molar-refractivity contribution in [3.05, 3.63) is 53.5 Å². The number of rotatable bonds is 4. The molecule has 0 unspecified atom stereocenters. The zero-order valence-corrected chi connectivity index (χ0v) is 18.0.